The van der Waals surface area contributed by atoms with E-state index < -0.39 is 27.9 Å². The monoisotopic (exact) mass is 496 g/mol. The van der Waals surface area contributed by atoms with Gasteiger partial charge in [0.25, 0.3) is 0 Å². The lowest BCUT2D eigenvalue weighted by atomic mass is 9.93. The Labute approximate surface area is 194 Å². The molecule has 34 heavy (non-hydrogen) atoms. The summed E-state index contributed by atoms with van der Waals surface area (Å²) in [6, 6.07) is 11.1. The maximum atomic E-state index is 12.7. The van der Waals surface area contributed by atoms with E-state index in [1.54, 1.807) is 37.3 Å². The molecule has 0 saturated heterocycles. The number of rotatable bonds is 9. The summed E-state index contributed by atoms with van der Waals surface area (Å²) < 4.78 is 69.2. The standard InChI is InChI=1S/C23H23F3N2O5S/c1-3-33-22(30)21-12-18-17(15(10-14(2)29)8-9-20(18)27-21)11-16-6-4-5-7-19(16)28-34(31,32)13-23(24,25)26/h4-9,12,27-28H,3,10-11,13H2,1-2H3. The first-order valence-corrected chi connectivity index (χ1v) is 12.0. The van der Waals surface area contributed by atoms with Gasteiger partial charge in [-0.25, -0.2) is 13.2 Å². The summed E-state index contributed by atoms with van der Waals surface area (Å²) >= 11 is 0. The van der Waals surface area contributed by atoms with Gasteiger partial charge in [-0.1, -0.05) is 24.3 Å². The lowest BCUT2D eigenvalue weighted by Gasteiger charge is -2.16. The van der Waals surface area contributed by atoms with Crippen LogP contribution < -0.4 is 4.72 Å². The molecule has 0 fully saturated rings. The number of ether oxygens (including phenoxy) is 1. The molecule has 1 heterocycles. The van der Waals surface area contributed by atoms with Crippen molar-refractivity contribution < 1.29 is 35.9 Å². The molecule has 0 aliphatic rings. The van der Waals surface area contributed by atoms with Crippen LogP contribution >= 0.6 is 0 Å². The number of fused-ring (bicyclic) bond motifs is 1. The van der Waals surface area contributed by atoms with Gasteiger partial charge >= 0.3 is 12.1 Å². The number of para-hydroxylation sites is 1. The molecule has 0 spiro atoms. The number of ketones is 1. The third-order valence-electron chi connectivity index (χ3n) is 4.95. The average Bonchev–Trinajstić information content (AvgIpc) is 3.13. The minimum atomic E-state index is -4.89. The number of anilines is 1. The number of sulfonamides is 1. The maximum absolute atomic E-state index is 12.7. The molecule has 2 N–H and O–H groups in total. The third-order valence-corrected chi connectivity index (χ3v) is 6.19. The van der Waals surface area contributed by atoms with Crippen molar-refractivity contribution in [3.05, 3.63) is 64.8 Å². The van der Waals surface area contributed by atoms with Crippen molar-refractivity contribution in [2.24, 2.45) is 0 Å². The minimum Gasteiger partial charge on any atom is -0.461 e. The molecule has 3 aromatic rings. The van der Waals surface area contributed by atoms with Gasteiger partial charge in [0, 0.05) is 23.7 Å². The lowest BCUT2D eigenvalue weighted by Crippen LogP contribution is -2.28. The Kier molecular flexibility index (Phi) is 7.35. The Balaban J connectivity index is 2.07. The van der Waals surface area contributed by atoms with Gasteiger partial charge in [-0.15, -0.1) is 0 Å². The van der Waals surface area contributed by atoms with Crippen molar-refractivity contribution in [1.82, 2.24) is 4.98 Å². The van der Waals surface area contributed by atoms with Gasteiger partial charge in [0.05, 0.1) is 12.3 Å². The third kappa shape index (κ3) is 6.37. The van der Waals surface area contributed by atoms with E-state index in [4.69, 9.17) is 4.74 Å². The molecule has 1 aromatic heterocycles. The number of Topliss-reactive ketones (excluding diaryl/α,β-unsaturated/α-hetero) is 1. The molecule has 0 unspecified atom stereocenters. The van der Waals surface area contributed by atoms with E-state index in [-0.39, 0.29) is 36.6 Å². The Morgan fingerprint density at radius 1 is 1.09 bits per heavy atom. The highest BCUT2D eigenvalue weighted by atomic mass is 32.2. The van der Waals surface area contributed by atoms with Crippen LogP contribution in [-0.4, -0.2) is 43.7 Å². The van der Waals surface area contributed by atoms with Crippen LogP contribution in [0.25, 0.3) is 10.9 Å². The predicted octanol–water partition coefficient (Wildman–Crippen LogP) is 4.37. The first kappa shape index (κ1) is 25.3. The second kappa shape index (κ2) is 9.88. The summed E-state index contributed by atoms with van der Waals surface area (Å²) in [5.41, 5.74) is 2.50. The Hall–Kier alpha value is -3.34. The van der Waals surface area contributed by atoms with Crippen LogP contribution in [0.3, 0.4) is 0 Å². The van der Waals surface area contributed by atoms with E-state index in [1.807, 2.05) is 4.72 Å². The summed E-state index contributed by atoms with van der Waals surface area (Å²) in [4.78, 5) is 27.0. The van der Waals surface area contributed by atoms with Crippen molar-refractivity contribution in [2.75, 3.05) is 17.1 Å². The highest BCUT2D eigenvalue weighted by molar-refractivity contribution is 7.92. The van der Waals surface area contributed by atoms with E-state index in [2.05, 4.69) is 4.98 Å². The summed E-state index contributed by atoms with van der Waals surface area (Å²) in [6.45, 7) is 3.28. The van der Waals surface area contributed by atoms with Crippen molar-refractivity contribution in [3.63, 3.8) is 0 Å². The zero-order chi connectivity index (χ0) is 25.1. The van der Waals surface area contributed by atoms with Gasteiger partial charge in [0.15, 0.2) is 5.75 Å². The summed E-state index contributed by atoms with van der Waals surface area (Å²) in [5, 5.41) is 0.620. The van der Waals surface area contributed by atoms with Crippen molar-refractivity contribution in [2.45, 2.75) is 32.9 Å². The highest BCUT2D eigenvalue weighted by Crippen LogP contribution is 2.30. The lowest BCUT2D eigenvalue weighted by molar-refractivity contribution is -0.116. The second-order valence-electron chi connectivity index (χ2n) is 7.76. The average molecular weight is 497 g/mol. The molecule has 0 aliphatic carbocycles. The maximum Gasteiger partial charge on any atom is 0.404 e. The van der Waals surface area contributed by atoms with E-state index in [0.717, 1.165) is 0 Å². The largest absolute Gasteiger partial charge is 0.461 e. The molecule has 182 valence electrons. The van der Waals surface area contributed by atoms with Crippen molar-refractivity contribution >= 4 is 38.4 Å². The van der Waals surface area contributed by atoms with Crippen molar-refractivity contribution in [3.8, 4) is 0 Å². The van der Waals surface area contributed by atoms with Crippen LogP contribution in [0.2, 0.25) is 0 Å². The molecule has 0 amide bonds. The van der Waals surface area contributed by atoms with Crippen LogP contribution in [0.4, 0.5) is 18.9 Å². The van der Waals surface area contributed by atoms with E-state index in [1.165, 1.54) is 19.1 Å². The molecular weight excluding hydrogens is 473 g/mol. The Morgan fingerprint density at radius 3 is 2.44 bits per heavy atom. The molecule has 0 radical (unpaired) electrons. The number of aromatic amines is 1. The number of carbonyl (C=O) groups excluding carboxylic acids is 2. The predicted molar refractivity (Wildman–Crippen MR) is 121 cm³/mol. The number of aromatic nitrogens is 1. The Bertz CT molecular complexity index is 1330. The summed E-state index contributed by atoms with van der Waals surface area (Å²) in [7, 11) is -4.69. The molecule has 0 atom stereocenters. The van der Waals surface area contributed by atoms with Gasteiger partial charge in [-0.2, -0.15) is 13.2 Å². The summed E-state index contributed by atoms with van der Waals surface area (Å²) in [6.07, 6.45) is -4.70. The topological polar surface area (TPSA) is 105 Å². The smallest absolute Gasteiger partial charge is 0.404 e. The van der Waals surface area contributed by atoms with Gasteiger partial charge < -0.3 is 9.72 Å². The number of nitrogens with one attached hydrogen (secondary N) is 2. The molecule has 2 aromatic carbocycles. The number of hydrogen-bond donors (Lipinski definition) is 2. The second-order valence-corrected chi connectivity index (χ2v) is 9.48. The molecule has 0 aliphatic heterocycles. The number of benzene rings is 2. The first-order chi connectivity index (χ1) is 15.9. The molecular formula is C23H23F3N2O5S. The van der Waals surface area contributed by atoms with Crippen LogP contribution in [0, 0.1) is 0 Å². The van der Waals surface area contributed by atoms with E-state index in [9.17, 15) is 31.2 Å². The highest BCUT2D eigenvalue weighted by Gasteiger charge is 2.35. The van der Waals surface area contributed by atoms with Gasteiger partial charge in [-0.05, 0) is 48.7 Å². The SMILES string of the molecule is CCOC(=O)c1cc2c(Cc3ccccc3NS(=O)(=O)CC(F)(F)F)c(CC(C)=O)ccc2[nH]1. The molecule has 0 bridgehead atoms. The number of hydrogen-bond acceptors (Lipinski definition) is 5. The van der Waals surface area contributed by atoms with Gasteiger partial charge in [0.1, 0.15) is 11.5 Å². The number of esters is 1. The number of alkyl halides is 3. The van der Waals surface area contributed by atoms with Crippen LogP contribution in [0.5, 0.6) is 0 Å². The van der Waals surface area contributed by atoms with E-state index in [0.29, 0.717) is 27.6 Å². The van der Waals surface area contributed by atoms with Gasteiger partial charge in [0.2, 0.25) is 10.0 Å². The van der Waals surface area contributed by atoms with Crippen LogP contribution in [0.1, 0.15) is 41.0 Å². The Morgan fingerprint density at radius 2 is 1.79 bits per heavy atom. The zero-order valence-electron chi connectivity index (χ0n) is 18.5. The molecule has 7 nitrogen and oxygen atoms in total. The minimum absolute atomic E-state index is 0.00122. The fraction of sp³-hybridized carbons (Fsp3) is 0.304. The molecule has 0 saturated carbocycles. The fourth-order valence-corrected chi connectivity index (χ4v) is 4.69. The van der Waals surface area contributed by atoms with Crippen LogP contribution in [-0.2, 0) is 32.4 Å². The van der Waals surface area contributed by atoms with Crippen LogP contribution in [0.15, 0.2) is 42.5 Å². The molecule has 3 rings (SSSR count). The normalized spacial score (nSPS) is 12.0. The number of H-pyrrole nitrogens is 1. The van der Waals surface area contributed by atoms with E-state index >= 15 is 0 Å². The quantitative estimate of drug-likeness (QED) is 0.428. The zero-order valence-corrected chi connectivity index (χ0v) is 19.3. The summed E-state index contributed by atoms with van der Waals surface area (Å²) in [5.74, 6) is -2.68. The number of carbonyl (C=O) groups is 2. The molecule has 11 heteroatoms. The fourth-order valence-electron chi connectivity index (χ4n) is 3.65. The number of halogens is 3. The first-order valence-electron chi connectivity index (χ1n) is 10.3. The van der Waals surface area contributed by atoms with Gasteiger partial charge in [-0.3, -0.25) is 9.52 Å². The van der Waals surface area contributed by atoms with Crippen molar-refractivity contribution in [1.29, 1.82) is 0 Å².